The van der Waals surface area contributed by atoms with E-state index in [4.69, 9.17) is 0 Å². The molecule has 1 aliphatic heterocycles. The molecule has 19 heavy (non-hydrogen) atoms. The van der Waals surface area contributed by atoms with Gasteiger partial charge in [0, 0.05) is 13.0 Å². The molecular formula is C15H28N2O2. The van der Waals surface area contributed by atoms with Crippen LogP contribution in [0.25, 0.3) is 0 Å². The first-order chi connectivity index (χ1) is 9.13. The predicted molar refractivity (Wildman–Crippen MR) is 76.7 cm³/mol. The van der Waals surface area contributed by atoms with E-state index in [1.807, 2.05) is 0 Å². The zero-order valence-corrected chi connectivity index (χ0v) is 12.3. The number of amides is 2. The third-order valence-corrected chi connectivity index (χ3v) is 3.92. The second kappa shape index (κ2) is 8.94. The maximum Gasteiger partial charge on any atom is 0.242 e. The second-order valence-electron chi connectivity index (χ2n) is 5.67. The van der Waals surface area contributed by atoms with Crippen LogP contribution in [-0.2, 0) is 9.59 Å². The molecule has 1 fully saturated rings. The molecule has 2 unspecified atom stereocenters. The number of carbonyl (C=O) groups excluding carboxylic acids is 2. The van der Waals surface area contributed by atoms with Crippen LogP contribution in [0.5, 0.6) is 0 Å². The van der Waals surface area contributed by atoms with Crippen LogP contribution in [0.1, 0.15) is 65.2 Å². The summed E-state index contributed by atoms with van der Waals surface area (Å²) in [6.07, 6.45) is 7.72. The molecular weight excluding hydrogens is 240 g/mol. The maximum atomic E-state index is 11.8. The number of unbranched alkanes of at least 4 members (excludes halogenated alkanes) is 1. The largest absolute Gasteiger partial charge is 0.354 e. The molecule has 1 rings (SSSR count). The van der Waals surface area contributed by atoms with Crippen LogP contribution >= 0.6 is 0 Å². The Kier molecular flexibility index (Phi) is 7.53. The Hall–Kier alpha value is -1.06. The first-order valence-corrected chi connectivity index (χ1v) is 7.70. The highest BCUT2D eigenvalue weighted by Gasteiger charge is 2.21. The first-order valence-electron chi connectivity index (χ1n) is 7.70. The van der Waals surface area contributed by atoms with Gasteiger partial charge in [-0.05, 0) is 31.6 Å². The fourth-order valence-electron chi connectivity index (χ4n) is 2.33. The van der Waals surface area contributed by atoms with Crippen molar-refractivity contribution in [3.8, 4) is 0 Å². The van der Waals surface area contributed by atoms with E-state index >= 15 is 0 Å². The highest BCUT2D eigenvalue weighted by molar-refractivity contribution is 5.87. The topological polar surface area (TPSA) is 58.2 Å². The molecule has 4 nitrogen and oxygen atoms in total. The third kappa shape index (κ3) is 6.60. The predicted octanol–water partition coefficient (Wildman–Crippen LogP) is 2.38. The van der Waals surface area contributed by atoms with Crippen molar-refractivity contribution in [2.24, 2.45) is 5.92 Å². The van der Waals surface area contributed by atoms with E-state index in [-0.39, 0.29) is 17.9 Å². The molecule has 0 aliphatic carbocycles. The molecule has 2 atom stereocenters. The van der Waals surface area contributed by atoms with E-state index in [0.717, 1.165) is 44.6 Å². The van der Waals surface area contributed by atoms with Crippen LogP contribution in [-0.4, -0.2) is 24.4 Å². The van der Waals surface area contributed by atoms with Gasteiger partial charge in [-0.2, -0.15) is 0 Å². The molecule has 1 aliphatic rings. The lowest BCUT2D eigenvalue weighted by molar-refractivity contribution is -0.128. The van der Waals surface area contributed by atoms with Gasteiger partial charge in [0.1, 0.15) is 6.04 Å². The van der Waals surface area contributed by atoms with Gasteiger partial charge >= 0.3 is 0 Å². The standard InChI is InChI=1S/C15H28N2O2/c1-3-12(2)8-4-5-10-14(18)17-13-9-6-7-11-16-15(13)19/h12-13H,3-11H2,1-2H3,(H,16,19)(H,17,18). The quantitative estimate of drug-likeness (QED) is 0.696. The summed E-state index contributed by atoms with van der Waals surface area (Å²) in [5.74, 6) is 0.743. The second-order valence-corrected chi connectivity index (χ2v) is 5.67. The third-order valence-electron chi connectivity index (χ3n) is 3.92. The van der Waals surface area contributed by atoms with Gasteiger partial charge in [-0.1, -0.05) is 33.1 Å². The van der Waals surface area contributed by atoms with Crippen molar-refractivity contribution in [3.63, 3.8) is 0 Å². The SMILES string of the molecule is CCC(C)CCCCC(=O)NC1CCCCNC1=O. The van der Waals surface area contributed by atoms with E-state index < -0.39 is 0 Å². The van der Waals surface area contributed by atoms with Crippen LogP contribution in [0.4, 0.5) is 0 Å². The molecule has 0 aromatic rings. The lowest BCUT2D eigenvalue weighted by atomic mass is 10.0. The Labute approximate surface area is 116 Å². The van der Waals surface area contributed by atoms with Gasteiger partial charge in [0.15, 0.2) is 0 Å². The smallest absolute Gasteiger partial charge is 0.242 e. The zero-order chi connectivity index (χ0) is 14.1. The summed E-state index contributed by atoms with van der Waals surface area (Å²) in [4.78, 5) is 23.5. The van der Waals surface area contributed by atoms with E-state index in [9.17, 15) is 9.59 Å². The van der Waals surface area contributed by atoms with Crippen molar-refractivity contribution in [1.29, 1.82) is 0 Å². The molecule has 1 heterocycles. The monoisotopic (exact) mass is 268 g/mol. The Morgan fingerprint density at radius 2 is 2.21 bits per heavy atom. The van der Waals surface area contributed by atoms with Gasteiger partial charge in [0.05, 0.1) is 0 Å². The Balaban J connectivity index is 2.17. The van der Waals surface area contributed by atoms with Gasteiger partial charge in [-0.3, -0.25) is 9.59 Å². The van der Waals surface area contributed by atoms with Crippen LogP contribution in [0.15, 0.2) is 0 Å². The minimum Gasteiger partial charge on any atom is -0.354 e. The zero-order valence-electron chi connectivity index (χ0n) is 12.3. The molecule has 4 heteroatoms. The van der Waals surface area contributed by atoms with Crippen molar-refractivity contribution >= 4 is 11.8 Å². The van der Waals surface area contributed by atoms with Crippen LogP contribution in [0, 0.1) is 5.92 Å². The summed E-state index contributed by atoms with van der Waals surface area (Å²) in [6.45, 7) is 5.18. The Bertz CT molecular complexity index is 292. The summed E-state index contributed by atoms with van der Waals surface area (Å²) >= 11 is 0. The highest BCUT2D eigenvalue weighted by Crippen LogP contribution is 2.12. The normalized spacial score (nSPS) is 21.4. The molecule has 0 saturated carbocycles. The number of nitrogens with one attached hydrogen (secondary N) is 2. The van der Waals surface area contributed by atoms with Crippen LogP contribution in [0.2, 0.25) is 0 Å². The Morgan fingerprint density at radius 1 is 1.42 bits per heavy atom. The molecule has 110 valence electrons. The van der Waals surface area contributed by atoms with Gasteiger partial charge in [0.25, 0.3) is 0 Å². The van der Waals surface area contributed by atoms with E-state index in [1.54, 1.807) is 0 Å². The number of rotatable bonds is 7. The van der Waals surface area contributed by atoms with E-state index in [2.05, 4.69) is 24.5 Å². The molecule has 0 spiro atoms. The number of hydrogen-bond acceptors (Lipinski definition) is 2. The van der Waals surface area contributed by atoms with Gasteiger partial charge in [-0.15, -0.1) is 0 Å². The Morgan fingerprint density at radius 3 is 2.95 bits per heavy atom. The molecule has 0 aromatic carbocycles. The molecule has 0 radical (unpaired) electrons. The van der Waals surface area contributed by atoms with Crippen molar-refractivity contribution < 1.29 is 9.59 Å². The van der Waals surface area contributed by atoms with Gasteiger partial charge < -0.3 is 10.6 Å². The van der Waals surface area contributed by atoms with E-state index in [1.165, 1.54) is 12.8 Å². The van der Waals surface area contributed by atoms with E-state index in [0.29, 0.717) is 6.42 Å². The van der Waals surface area contributed by atoms with Crippen molar-refractivity contribution in [3.05, 3.63) is 0 Å². The summed E-state index contributed by atoms with van der Waals surface area (Å²) in [5, 5.41) is 5.70. The summed E-state index contributed by atoms with van der Waals surface area (Å²) in [6, 6.07) is -0.315. The fourth-order valence-corrected chi connectivity index (χ4v) is 2.33. The molecule has 0 bridgehead atoms. The van der Waals surface area contributed by atoms with Crippen LogP contribution in [0.3, 0.4) is 0 Å². The maximum absolute atomic E-state index is 11.8. The minimum atomic E-state index is -0.315. The molecule has 1 saturated heterocycles. The van der Waals surface area contributed by atoms with Crippen molar-refractivity contribution in [1.82, 2.24) is 10.6 Å². The fraction of sp³-hybridized carbons (Fsp3) is 0.867. The molecule has 0 aromatic heterocycles. The van der Waals surface area contributed by atoms with Crippen molar-refractivity contribution in [2.75, 3.05) is 6.54 Å². The average Bonchev–Trinajstić information content (AvgIpc) is 2.60. The minimum absolute atomic E-state index is 0.0196. The first kappa shape index (κ1) is 16.0. The van der Waals surface area contributed by atoms with Gasteiger partial charge in [0.2, 0.25) is 11.8 Å². The lowest BCUT2D eigenvalue weighted by Crippen LogP contribution is -2.45. The lowest BCUT2D eigenvalue weighted by Gasteiger charge is -2.15. The van der Waals surface area contributed by atoms with Gasteiger partial charge in [-0.25, -0.2) is 0 Å². The molecule has 2 amide bonds. The molecule has 2 N–H and O–H groups in total. The van der Waals surface area contributed by atoms with Crippen LogP contribution < -0.4 is 10.6 Å². The highest BCUT2D eigenvalue weighted by atomic mass is 16.2. The average molecular weight is 268 g/mol. The van der Waals surface area contributed by atoms with Crippen molar-refractivity contribution in [2.45, 2.75) is 71.3 Å². The number of carbonyl (C=O) groups is 2. The summed E-state index contributed by atoms with van der Waals surface area (Å²) in [7, 11) is 0. The summed E-state index contributed by atoms with van der Waals surface area (Å²) in [5.41, 5.74) is 0. The summed E-state index contributed by atoms with van der Waals surface area (Å²) < 4.78 is 0. The number of hydrogen-bond donors (Lipinski definition) is 2.